The summed E-state index contributed by atoms with van der Waals surface area (Å²) in [5, 5.41) is 25.2. The van der Waals surface area contributed by atoms with E-state index in [-0.39, 0.29) is 62.1 Å². The molecule has 2 saturated heterocycles. The summed E-state index contributed by atoms with van der Waals surface area (Å²) < 4.78 is 4.83. The molecule has 3 aliphatic rings. The number of likely N-dealkylation sites (tertiary alicyclic amines) is 2. The molecule has 0 radical (unpaired) electrons. The SMILES string of the molecule is CCCNC(=O)[C@@H](NC(=O)[C@@H]1CCCN1C(=O)[C@H](CCSC)NC(=O)[C@@H]1CCCCN1C(=O)[C@H](CCC(=O)c1ccon1)NC(=O)C[C@H](C)C1CCCCC1)C(C)O. The molecule has 4 rings (SSSR count). The molecular weight excluding hydrogens is 767 g/mol. The first-order valence-electron chi connectivity index (χ1n) is 21.3. The lowest BCUT2D eigenvalue weighted by atomic mass is 9.79. The third kappa shape index (κ3) is 13.3. The van der Waals surface area contributed by atoms with Crippen LogP contribution in [0.4, 0.5) is 0 Å². The van der Waals surface area contributed by atoms with Crippen LogP contribution < -0.4 is 21.3 Å². The molecule has 2 aliphatic heterocycles. The highest BCUT2D eigenvalue weighted by atomic mass is 32.2. The molecule has 7 atom stereocenters. The number of thioether (sulfide) groups is 1. The van der Waals surface area contributed by atoms with Gasteiger partial charge in [0.15, 0.2) is 5.78 Å². The predicted molar refractivity (Wildman–Crippen MR) is 218 cm³/mol. The van der Waals surface area contributed by atoms with Crippen LogP contribution in [0.2, 0.25) is 0 Å². The summed E-state index contributed by atoms with van der Waals surface area (Å²) in [4.78, 5) is 98.4. The first-order valence-corrected chi connectivity index (χ1v) is 22.6. The molecule has 1 aliphatic carbocycles. The van der Waals surface area contributed by atoms with Crippen LogP contribution in [0.5, 0.6) is 0 Å². The molecule has 1 saturated carbocycles. The van der Waals surface area contributed by atoms with Gasteiger partial charge in [-0.3, -0.25) is 33.6 Å². The molecule has 0 aromatic carbocycles. The van der Waals surface area contributed by atoms with Gasteiger partial charge in [0.25, 0.3) is 0 Å². The molecule has 0 bridgehead atoms. The van der Waals surface area contributed by atoms with E-state index in [1.165, 1.54) is 47.2 Å². The number of amides is 6. The third-order valence-corrected chi connectivity index (χ3v) is 12.4. The minimum absolute atomic E-state index is 0.00232. The van der Waals surface area contributed by atoms with E-state index in [9.17, 15) is 38.7 Å². The number of Topliss-reactive ketones (excluding diaryl/α,β-unsaturated/α-hetero) is 1. The number of carbonyl (C=O) groups excluding carboxylic acids is 7. The molecule has 1 unspecified atom stereocenters. The Hall–Kier alpha value is -3.99. The van der Waals surface area contributed by atoms with Gasteiger partial charge >= 0.3 is 0 Å². The highest BCUT2D eigenvalue weighted by Gasteiger charge is 2.42. The van der Waals surface area contributed by atoms with Crippen LogP contribution in [0.1, 0.15) is 128 Å². The number of nitrogens with zero attached hydrogens (tertiary/aromatic N) is 3. The summed E-state index contributed by atoms with van der Waals surface area (Å²) in [5.74, 6) is -2.03. The van der Waals surface area contributed by atoms with E-state index in [2.05, 4.69) is 33.3 Å². The van der Waals surface area contributed by atoms with Gasteiger partial charge < -0.3 is 40.7 Å². The zero-order valence-corrected chi connectivity index (χ0v) is 35.5. The number of carbonyl (C=O) groups is 7. The van der Waals surface area contributed by atoms with Crippen molar-refractivity contribution < 1.29 is 43.2 Å². The molecule has 3 fully saturated rings. The zero-order chi connectivity index (χ0) is 42.2. The lowest BCUT2D eigenvalue weighted by Crippen LogP contribution is -2.61. The number of aliphatic hydroxyl groups excluding tert-OH is 1. The molecule has 6 amide bonds. The van der Waals surface area contributed by atoms with Crippen molar-refractivity contribution in [3.05, 3.63) is 18.0 Å². The number of aliphatic hydroxyl groups is 1. The van der Waals surface area contributed by atoms with Gasteiger partial charge in [0, 0.05) is 38.5 Å². The average molecular weight is 832 g/mol. The fourth-order valence-electron chi connectivity index (χ4n) is 8.38. The second kappa shape index (κ2) is 23.6. The van der Waals surface area contributed by atoms with Crippen molar-refractivity contribution in [1.82, 2.24) is 36.2 Å². The molecular formula is C41H65N7O9S. The summed E-state index contributed by atoms with van der Waals surface area (Å²) in [6.07, 6.45) is 11.3. The van der Waals surface area contributed by atoms with Crippen molar-refractivity contribution in [2.45, 2.75) is 153 Å². The summed E-state index contributed by atoms with van der Waals surface area (Å²) >= 11 is 1.50. The maximum absolute atomic E-state index is 14.4. The van der Waals surface area contributed by atoms with Gasteiger partial charge in [-0.2, -0.15) is 11.8 Å². The van der Waals surface area contributed by atoms with Crippen molar-refractivity contribution in [3.8, 4) is 0 Å². The van der Waals surface area contributed by atoms with Gasteiger partial charge in [-0.05, 0) is 82.1 Å². The zero-order valence-electron chi connectivity index (χ0n) is 34.7. The van der Waals surface area contributed by atoms with Gasteiger partial charge in [-0.1, -0.05) is 51.1 Å². The Morgan fingerprint density at radius 3 is 2.09 bits per heavy atom. The minimum atomic E-state index is -1.20. The first kappa shape index (κ1) is 46.7. The highest BCUT2D eigenvalue weighted by Crippen LogP contribution is 2.31. The van der Waals surface area contributed by atoms with Gasteiger partial charge in [0.1, 0.15) is 42.2 Å². The smallest absolute Gasteiger partial charge is 0.245 e. The van der Waals surface area contributed by atoms with E-state index >= 15 is 0 Å². The standard InChI is InChI=1S/C41H65N7O9S/c1-5-20-42-39(54)36(27(3)49)45-38(53)33-15-11-22-48(33)41(56)31(19-24-58-4)44-37(52)32-14-9-10-21-47(32)40(55)30(16-17-34(50)29-18-23-57-46-29)43-35(51)25-26(2)28-12-7-6-8-13-28/h18,23,26-28,30-33,36,49H,5-17,19-22,24-25H2,1-4H3,(H,42,54)(H,43,51)(H,44,52)(H,45,53)/t26-,27?,30-,31-,32-,33-,36-/m0/s1. The van der Waals surface area contributed by atoms with Crippen LogP contribution in [-0.4, -0.2) is 129 Å². The number of nitrogens with one attached hydrogen (secondary N) is 4. The summed E-state index contributed by atoms with van der Waals surface area (Å²) in [5.41, 5.74) is 0.123. The number of rotatable bonds is 21. The normalized spacial score (nSPS) is 21.3. The lowest BCUT2D eigenvalue weighted by molar-refractivity contribution is -0.147. The summed E-state index contributed by atoms with van der Waals surface area (Å²) in [6.45, 7) is 6.27. The largest absolute Gasteiger partial charge is 0.391 e. The van der Waals surface area contributed by atoms with E-state index in [4.69, 9.17) is 4.52 Å². The van der Waals surface area contributed by atoms with E-state index < -0.39 is 65.8 Å². The molecule has 3 heterocycles. The van der Waals surface area contributed by atoms with Gasteiger partial charge in [-0.15, -0.1) is 0 Å². The van der Waals surface area contributed by atoms with E-state index in [0.29, 0.717) is 56.7 Å². The van der Waals surface area contributed by atoms with Crippen LogP contribution >= 0.6 is 11.8 Å². The van der Waals surface area contributed by atoms with Crippen LogP contribution in [-0.2, 0) is 28.8 Å². The quantitative estimate of drug-likeness (QED) is 0.113. The highest BCUT2D eigenvalue weighted by molar-refractivity contribution is 7.98. The van der Waals surface area contributed by atoms with E-state index in [1.807, 2.05) is 13.2 Å². The number of aromatic nitrogens is 1. The van der Waals surface area contributed by atoms with Crippen molar-refractivity contribution in [3.63, 3.8) is 0 Å². The van der Waals surface area contributed by atoms with E-state index in [0.717, 1.165) is 25.7 Å². The Morgan fingerprint density at radius 2 is 1.47 bits per heavy atom. The second-order valence-electron chi connectivity index (χ2n) is 16.1. The Morgan fingerprint density at radius 1 is 0.845 bits per heavy atom. The Labute approximate surface area is 346 Å². The number of ketones is 1. The van der Waals surface area contributed by atoms with Crippen LogP contribution in [0.3, 0.4) is 0 Å². The third-order valence-electron chi connectivity index (χ3n) is 11.7. The van der Waals surface area contributed by atoms with Crippen molar-refractivity contribution in [1.29, 1.82) is 0 Å². The molecule has 324 valence electrons. The molecule has 17 heteroatoms. The summed E-state index contributed by atoms with van der Waals surface area (Å²) in [7, 11) is 0. The van der Waals surface area contributed by atoms with Crippen molar-refractivity contribution >= 4 is 53.0 Å². The lowest BCUT2D eigenvalue weighted by Gasteiger charge is -2.38. The van der Waals surface area contributed by atoms with Crippen molar-refractivity contribution in [2.75, 3.05) is 31.6 Å². The van der Waals surface area contributed by atoms with Gasteiger partial charge in [-0.25, -0.2) is 0 Å². The van der Waals surface area contributed by atoms with Gasteiger partial charge in [0.05, 0.1) is 6.10 Å². The van der Waals surface area contributed by atoms with Crippen LogP contribution in [0, 0.1) is 11.8 Å². The molecule has 1 aromatic heterocycles. The maximum atomic E-state index is 14.4. The maximum Gasteiger partial charge on any atom is 0.245 e. The topological polar surface area (TPSA) is 220 Å². The number of hydrogen-bond acceptors (Lipinski definition) is 11. The molecule has 0 spiro atoms. The predicted octanol–water partition coefficient (Wildman–Crippen LogP) is 2.73. The van der Waals surface area contributed by atoms with Crippen LogP contribution in [0.15, 0.2) is 16.9 Å². The van der Waals surface area contributed by atoms with Crippen molar-refractivity contribution in [2.24, 2.45) is 11.8 Å². The van der Waals surface area contributed by atoms with Crippen LogP contribution in [0.25, 0.3) is 0 Å². The Kier molecular flexibility index (Phi) is 19.0. The first-order chi connectivity index (χ1) is 27.9. The number of hydrogen-bond donors (Lipinski definition) is 5. The molecule has 16 nitrogen and oxygen atoms in total. The molecule has 1 aromatic rings. The average Bonchev–Trinajstić information content (AvgIpc) is 3.95. The fourth-order valence-corrected chi connectivity index (χ4v) is 8.85. The minimum Gasteiger partial charge on any atom is -0.391 e. The fraction of sp³-hybridized carbons (Fsp3) is 0.756. The Bertz CT molecular complexity index is 1540. The Balaban J connectivity index is 1.48. The molecule has 5 N–H and O–H groups in total. The monoisotopic (exact) mass is 831 g/mol. The number of piperidine rings is 1. The van der Waals surface area contributed by atoms with E-state index in [1.54, 1.807) is 0 Å². The molecule has 58 heavy (non-hydrogen) atoms. The summed E-state index contributed by atoms with van der Waals surface area (Å²) in [6, 6.07) is -3.65. The van der Waals surface area contributed by atoms with Gasteiger partial charge in [0.2, 0.25) is 35.4 Å². The second-order valence-corrected chi connectivity index (χ2v) is 17.1.